The summed E-state index contributed by atoms with van der Waals surface area (Å²) in [5.41, 5.74) is -0.203. The van der Waals surface area contributed by atoms with Gasteiger partial charge >= 0.3 is 5.97 Å². The molecule has 1 atom stereocenters. The summed E-state index contributed by atoms with van der Waals surface area (Å²) in [6.45, 7) is 1.76. The Morgan fingerprint density at radius 3 is 2.43 bits per heavy atom. The molecule has 1 amide bonds. The Morgan fingerprint density at radius 1 is 1.21 bits per heavy atom. The van der Waals surface area contributed by atoms with Crippen LogP contribution in [0.5, 0.6) is 11.5 Å². The maximum Gasteiger partial charge on any atom is 0.312 e. The fraction of sp³-hybridized carbons (Fsp3) is 0.263. The van der Waals surface area contributed by atoms with Gasteiger partial charge in [-0.25, -0.2) is 0 Å². The van der Waals surface area contributed by atoms with Crippen molar-refractivity contribution in [2.75, 3.05) is 20.3 Å². The van der Waals surface area contributed by atoms with Gasteiger partial charge in [-0.15, -0.1) is 0 Å². The van der Waals surface area contributed by atoms with E-state index in [1.54, 1.807) is 37.3 Å². The molecule has 0 aliphatic carbocycles. The van der Waals surface area contributed by atoms with Crippen LogP contribution in [-0.4, -0.2) is 42.2 Å². The van der Waals surface area contributed by atoms with Crippen LogP contribution in [0.1, 0.15) is 28.8 Å². The molecule has 28 heavy (non-hydrogen) atoms. The third-order valence-corrected chi connectivity index (χ3v) is 3.99. The van der Waals surface area contributed by atoms with Crippen LogP contribution in [0, 0.1) is 10.1 Å². The van der Waals surface area contributed by atoms with E-state index >= 15 is 0 Å². The number of nitrogens with one attached hydrogen (secondary N) is 1. The molecule has 1 unspecified atom stereocenters. The lowest BCUT2D eigenvalue weighted by atomic mass is 9.99. The van der Waals surface area contributed by atoms with Crippen molar-refractivity contribution in [3.8, 4) is 11.5 Å². The molecule has 148 valence electrons. The zero-order valence-electron chi connectivity index (χ0n) is 15.4. The maximum absolute atomic E-state index is 12.6. The standard InChI is InChI=1S/C19H20N2O7/c1-3-28-17-9-13(15(21(25)26)10-16(17)27-2)18(22)20-11-14(19(23)24)12-7-5-4-6-8-12/h4-10,14H,3,11H2,1-2H3,(H,20,22)(H,23,24). The highest BCUT2D eigenvalue weighted by atomic mass is 16.6. The molecule has 0 aliphatic heterocycles. The average molecular weight is 388 g/mol. The van der Waals surface area contributed by atoms with Crippen molar-refractivity contribution >= 4 is 17.6 Å². The first-order chi connectivity index (χ1) is 13.4. The Morgan fingerprint density at radius 2 is 1.89 bits per heavy atom. The first-order valence-corrected chi connectivity index (χ1v) is 8.44. The van der Waals surface area contributed by atoms with Crippen LogP contribution in [-0.2, 0) is 4.79 Å². The number of nitro benzene ring substituents is 1. The number of carboxylic acid groups (broad SMARTS) is 1. The van der Waals surface area contributed by atoms with Crippen molar-refractivity contribution in [3.63, 3.8) is 0 Å². The van der Waals surface area contributed by atoms with Crippen molar-refractivity contribution in [2.45, 2.75) is 12.8 Å². The van der Waals surface area contributed by atoms with Crippen LogP contribution in [0.3, 0.4) is 0 Å². The van der Waals surface area contributed by atoms with Gasteiger partial charge in [0.15, 0.2) is 11.5 Å². The van der Waals surface area contributed by atoms with E-state index in [4.69, 9.17) is 9.47 Å². The number of aliphatic carboxylic acids is 1. The minimum Gasteiger partial charge on any atom is -0.493 e. The van der Waals surface area contributed by atoms with Gasteiger partial charge in [-0.3, -0.25) is 19.7 Å². The smallest absolute Gasteiger partial charge is 0.312 e. The number of methoxy groups -OCH3 is 1. The second-order valence-electron chi connectivity index (χ2n) is 5.72. The number of carboxylic acids is 1. The predicted molar refractivity (Wildman–Crippen MR) is 100.0 cm³/mol. The normalized spacial score (nSPS) is 11.4. The average Bonchev–Trinajstić information content (AvgIpc) is 2.68. The quantitative estimate of drug-likeness (QED) is 0.499. The molecule has 0 aliphatic rings. The van der Waals surface area contributed by atoms with Gasteiger partial charge in [0.1, 0.15) is 5.56 Å². The number of amides is 1. The molecule has 2 rings (SSSR count). The molecule has 0 heterocycles. The molecule has 9 heteroatoms. The van der Waals surface area contributed by atoms with Gasteiger partial charge in [-0.05, 0) is 12.5 Å². The fourth-order valence-electron chi connectivity index (χ4n) is 2.63. The Labute approximate surface area is 161 Å². The van der Waals surface area contributed by atoms with E-state index in [9.17, 15) is 24.8 Å². The molecule has 0 bridgehead atoms. The van der Waals surface area contributed by atoms with Crippen LogP contribution in [0.25, 0.3) is 0 Å². The predicted octanol–water partition coefficient (Wildman–Crippen LogP) is 2.60. The fourth-order valence-corrected chi connectivity index (χ4v) is 2.63. The number of benzene rings is 2. The maximum atomic E-state index is 12.6. The molecule has 0 spiro atoms. The number of nitrogens with zero attached hydrogens (tertiary/aromatic N) is 1. The third-order valence-electron chi connectivity index (χ3n) is 3.99. The van der Waals surface area contributed by atoms with Gasteiger partial charge in [0.2, 0.25) is 0 Å². The van der Waals surface area contributed by atoms with Crippen molar-refractivity contribution in [1.82, 2.24) is 5.32 Å². The van der Waals surface area contributed by atoms with Gasteiger partial charge in [-0.1, -0.05) is 30.3 Å². The van der Waals surface area contributed by atoms with Crippen molar-refractivity contribution in [2.24, 2.45) is 0 Å². The minimum atomic E-state index is -1.12. The van der Waals surface area contributed by atoms with Crippen LogP contribution in [0.15, 0.2) is 42.5 Å². The molecule has 0 saturated carbocycles. The summed E-state index contributed by atoms with van der Waals surface area (Å²) >= 11 is 0. The summed E-state index contributed by atoms with van der Waals surface area (Å²) in [5, 5.41) is 23.3. The van der Waals surface area contributed by atoms with Crippen molar-refractivity contribution in [3.05, 3.63) is 63.7 Å². The number of carbonyl (C=O) groups is 2. The van der Waals surface area contributed by atoms with E-state index in [2.05, 4.69) is 5.32 Å². The molecule has 0 saturated heterocycles. The summed E-state index contributed by atoms with van der Waals surface area (Å²) in [6, 6.07) is 10.7. The Bertz CT molecular complexity index is 868. The van der Waals surface area contributed by atoms with Crippen LogP contribution in [0.4, 0.5) is 5.69 Å². The monoisotopic (exact) mass is 388 g/mol. The molecule has 0 fully saturated rings. The first-order valence-electron chi connectivity index (χ1n) is 8.44. The summed E-state index contributed by atoms with van der Waals surface area (Å²) in [5.74, 6) is -2.59. The third kappa shape index (κ3) is 4.76. The molecular weight excluding hydrogens is 368 g/mol. The van der Waals surface area contributed by atoms with Crippen molar-refractivity contribution in [1.29, 1.82) is 0 Å². The molecule has 2 aromatic carbocycles. The first kappa shape index (κ1) is 20.7. The highest BCUT2D eigenvalue weighted by molar-refractivity contribution is 5.99. The van der Waals surface area contributed by atoms with Crippen LogP contribution < -0.4 is 14.8 Å². The molecule has 9 nitrogen and oxygen atoms in total. The largest absolute Gasteiger partial charge is 0.493 e. The number of carbonyl (C=O) groups excluding carboxylic acids is 1. The lowest BCUT2D eigenvalue weighted by Crippen LogP contribution is -2.32. The lowest BCUT2D eigenvalue weighted by Gasteiger charge is -2.15. The van der Waals surface area contributed by atoms with E-state index < -0.39 is 28.4 Å². The van der Waals surface area contributed by atoms with Crippen molar-refractivity contribution < 1.29 is 29.1 Å². The summed E-state index contributed by atoms with van der Waals surface area (Å²) in [4.78, 5) is 34.8. The topological polar surface area (TPSA) is 128 Å². The van der Waals surface area contributed by atoms with Gasteiger partial charge in [0.05, 0.1) is 30.6 Å². The second kappa shape index (κ2) is 9.36. The van der Waals surface area contributed by atoms with Gasteiger partial charge in [-0.2, -0.15) is 0 Å². The number of rotatable bonds is 9. The summed E-state index contributed by atoms with van der Waals surface area (Å²) < 4.78 is 10.4. The zero-order valence-corrected chi connectivity index (χ0v) is 15.4. The molecule has 0 radical (unpaired) electrons. The summed E-state index contributed by atoms with van der Waals surface area (Å²) in [6.07, 6.45) is 0. The van der Waals surface area contributed by atoms with Gasteiger partial charge in [0.25, 0.3) is 11.6 Å². The molecule has 0 aromatic heterocycles. The zero-order chi connectivity index (χ0) is 20.7. The van der Waals surface area contributed by atoms with E-state index in [-0.39, 0.29) is 30.2 Å². The van der Waals surface area contributed by atoms with Gasteiger partial charge < -0.3 is 19.9 Å². The number of hydrogen-bond acceptors (Lipinski definition) is 6. The second-order valence-corrected chi connectivity index (χ2v) is 5.72. The Balaban J connectivity index is 2.30. The number of nitro groups is 1. The summed E-state index contributed by atoms with van der Waals surface area (Å²) in [7, 11) is 1.33. The highest BCUT2D eigenvalue weighted by Gasteiger charge is 2.26. The van der Waals surface area contributed by atoms with Crippen LogP contribution >= 0.6 is 0 Å². The van der Waals surface area contributed by atoms with E-state index in [0.29, 0.717) is 5.56 Å². The molecule has 2 N–H and O–H groups in total. The minimum absolute atomic E-state index is 0.123. The van der Waals surface area contributed by atoms with Gasteiger partial charge in [0, 0.05) is 12.6 Å². The molecular formula is C19H20N2O7. The lowest BCUT2D eigenvalue weighted by molar-refractivity contribution is -0.385. The van der Waals surface area contributed by atoms with Crippen LogP contribution in [0.2, 0.25) is 0 Å². The van der Waals surface area contributed by atoms with E-state index in [0.717, 1.165) is 6.07 Å². The Kier molecular flexibility index (Phi) is 6.91. The molecule has 2 aromatic rings. The highest BCUT2D eigenvalue weighted by Crippen LogP contribution is 2.34. The SMILES string of the molecule is CCOc1cc(C(=O)NCC(C(=O)O)c2ccccc2)c([N+](=O)[O-])cc1OC. The number of ether oxygens (including phenoxy) is 2. The van der Waals surface area contributed by atoms with E-state index in [1.807, 2.05) is 0 Å². The van der Waals surface area contributed by atoms with E-state index in [1.165, 1.54) is 13.2 Å². The number of hydrogen-bond donors (Lipinski definition) is 2. The Hall–Kier alpha value is -3.62.